The molecule has 0 fully saturated rings. The average Bonchev–Trinajstić information content (AvgIpc) is 2.04. The molecular weight excluding hydrogens is 162 g/mol. The number of aliphatic carboxylic acids is 2. The molecule has 1 rings (SSSR count). The van der Waals surface area contributed by atoms with Gasteiger partial charge in [0.2, 0.25) is 0 Å². The molecule has 1 N–H and O–H groups in total. The summed E-state index contributed by atoms with van der Waals surface area (Å²) in [5.41, 5.74) is -0.336. The van der Waals surface area contributed by atoms with Gasteiger partial charge in [-0.25, -0.2) is 0 Å². The van der Waals surface area contributed by atoms with Crippen LogP contribution >= 0.6 is 0 Å². The highest BCUT2D eigenvalue weighted by molar-refractivity contribution is 5.95. The molecule has 0 saturated carbocycles. The van der Waals surface area contributed by atoms with Crippen molar-refractivity contribution in [2.45, 2.75) is 6.04 Å². The van der Waals surface area contributed by atoms with Gasteiger partial charge in [0.05, 0.1) is 18.0 Å². The van der Waals surface area contributed by atoms with Crippen LogP contribution in [0.3, 0.4) is 0 Å². The third-order valence-corrected chi connectivity index (χ3v) is 1.42. The van der Waals surface area contributed by atoms with Crippen molar-refractivity contribution in [3.05, 3.63) is 23.9 Å². The highest BCUT2D eigenvalue weighted by Gasteiger charge is 2.15. The van der Waals surface area contributed by atoms with E-state index in [4.69, 9.17) is 0 Å². The molecule has 0 aromatic heterocycles. The van der Waals surface area contributed by atoms with Gasteiger partial charge in [0.1, 0.15) is 0 Å². The third-order valence-electron chi connectivity index (χ3n) is 1.42. The van der Waals surface area contributed by atoms with Gasteiger partial charge in [0.15, 0.2) is 0 Å². The zero-order chi connectivity index (χ0) is 9.14. The summed E-state index contributed by atoms with van der Waals surface area (Å²) in [7, 11) is 0. The summed E-state index contributed by atoms with van der Waals surface area (Å²) in [6, 6.07) is -1.32. The number of carboxylic acids is 2. The first-order valence-corrected chi connectivity index (χ1v) is 3.18. The van der Waals surface area contributed by atoms with Crippen molar-refractivity contribution in [3.8, 4) is 0 Å². The highest BCUT2D eigenvalue weighted by Crippen LogP contribution is 2.05. The number of allylic oxidation sites excluding steroid dienone is 2. The van der Waals surface area contributed by atoms with E-state index in [1.807, 2.05) is 0 Å². The van der Waals surface area contributed by atoms with Crippen molar-refractivity contribution in [2.75, 3.05) is 0 Å². The molecule has 0 amide bonds. The smallest absolute Gasteiger partial charge is 0.0926 e. The molecule has 0 bridgehead atoms. The summed E-state index contributed by atoms with van der Waals surface area (Å²) in [5, 5.41) is 23.0. The first-order chi connectivity index (χ1) is 5.63. The zero-order valence-corrected chi connectivity index (χ0v) is 5.94. The van der Waals surface area contributed by atoms with Crippen LogP contribution in [0.15, 0.2) is 23.9 Å². The van der Waals surface area contributed by atoms with Gasteiger partial charge in [0.25, 0.3) is 0 Å². The first kappa shape index (κ1) is 8.32. The Morgan fingerprint density at radius 1 is 1.42 bits per heavy atom. The maximum atomic E-state index is 10.3. The Hall–Kier alpha value is -1.78. The van der Waals surface area contributed by atoms with Gasteiger partial charge in [-0.2, -0.15) is 0 Å². The summed E-state index contributed by atoms with van der Waals surface area (Å²) in [6.07, 6.45) is 3.86. The van der Waals surface area contributed by atoms with Crippen molar-refractivity contribution in [1.82, 2.24) is 5.32 Å². The quantitative estimate of drug-likeness (QED) is 0.470. The molecule has 0 aromatic carbocycles. The Kier molecular flexibility index (Phi) is 2.14. The molecule has 1 atom stereocenters. The molecule has 12 heavy (non-hydrogen) atoms. The topological polar surface area (TPSA) is 92.3 Å². The minimum Gasteiger partial charge on any atom is -0.548 e. The maximum absolute atomic E-state index is 10.3. The lowest BCUT2D eigenvalue weighted by Gasteiger charge is -2.24. The Morgan fingerprint density at radius 2 is 2.08 bits per heavy atom. The number of dihydropyridines is 1. The molecule has 0 radical (unpaired) electrons. The zero-order valence-electron chi connectivity index (χ0n) is 5.94. The summed E-state index contributed by atoms with van der Waals surface area (Å²) in [6.45, 7) is 0. The van der Waals surface area contributed by atoms with Crippen molar-refractivity contribution in [2.24, 2.45) is 0 Å². The summed E-state index contributed by atoms with van der Waals surface area (Å²) in [4.78, 5) is 20.7. The van der Waals surface area contributed by atoms with Gasteiger partial charge < -0.3 is 25.1 Å². The van der Waals surface area contributed by atoms with E-state index in [-0.39, 0.29) is 5.57 Å². The lowest BCUT2D eigenvalue weighted by molar-refractivity contribution is -0.312. The number of nitrogens with one attached hydrogen (secondary N) is 1. The molecule has 5 heteroatoms. The second-order valence-electron chi connectivity index (χ2n) is 2.19. The number of carbonyl (C=O) groups is 2. The molecule has 0 aromatic rings. The van der Waals surface area contributed by atoms with E-state index in [2.05, 4.69) is 5.32 Å². The van der Waals surface area contributed by atoms with Crippen LogP contribution < -0.4 is 15.5 Å². The fourth-order valence-electron chi connectivity index (χ4n) is 0.870. The van der Waals surface area contributed by atoms with Crippen LogP contribution in [0.25, 0.3) is 0 Å². The fourth-order valence-corrected chi connectivity index (χ4v) is 0.870. The monoisotopic (exact) mass is 167 g/mol. The Balaban J connectivity index is 2.91. The molecule has 1 aliphatic rings. The summed E-state index contributed by atoms with van der Waals surface area (Å²) < 4.78 is 0. The van der Waals surface area contributed by atoms with Gasteiger partial charge in [-0.15, -0.1) is 0 Å². The molecule has 5 nitrogen and oxygen atoms in total. The van der Waals surface area contributed by atoms with Crippen molar-refractivity contribution in [3.63, 3.8) is 0 Å². The first-order valence-electron chi connectivity index (χ1n) is 3.18. The van der Waals surface area contributed by atoms with E-state index in [1.165, 1.54) is 12.3 Å². The maximum Gasteiger partial charge on any atom is 0.0926 e. The van der Waals surface area contributed by atoms with Gasteiger partial charge in [-0.3, -0.25) is 0 Å². The number of carboxylic acid groups (broad SMARTS) is 2. The third kappa shape index (κ3) is 1.45. The minimum absolute atomic E-state index is 0.336. The van der Waals surface area contributed by atoms with Crippen molar-refractivity contribution >= 4 is 11.9 Å². The lowest BCUT2D eigenvalue weighted by atomic mass is 10.1. The molecule has 0 spiro atoms. The molecule has 1 aliphatic heterocycles. The Bertz CT molecular complexity index is 279. The molecule has 64 valence electrons. The standard InChI is InChI=1S/C7H7NO4/c9-6(10)4-2-1-3-8-5(4)7(11)12/h1-3,5,8H,(H,9,10)(H,11,12)/p-2. The van der Waals surface area contributed by atoms with Crippen LogP contribution in [0.5, 0.6) is 0 Å². The van der Waals surface area contributed by atoms with Gasteiger partial charge in [-0.1, -0.05) is 6.08 Å². The van der Waals surface area contributed by atoms with Crippen LogP contribution in [0.4, 0.5) is 0 Å². The van der Waals surface area contributed by atoms with Gasteiger partial charge in [-0.05, 0) is 12.3 Å². The molecule has 1 heterocycles. The second kappa shape index (κ2) is 3.08. The van der Waals surface area contributed by atoms with E-state index in [0.717, 1.165) is 6.08 Å². The summed E-state index contributed by atoms with van der Waals surface area (Å²) in [5.74, 6) is -3.00. The number of hydrogen-bond acceptors (Lipinski definition) is 5. The van der Waals surface area contributed by atoms with Crippen LogP contribution in [-0.2, 0) is 9.59 Å². The van der Waals surface area contributed by atoms with Crippen molar-refractivity contribution < 1.29 is 19.8 Å². The molecule has 0 aliphatic carbocycles. The fraction of sp³-hybridized carbons (Fsp3) is 0.143. The molecular formula is C7H5NO4-2. The van der Waals surface area contributed by atoms with Crippen LogP contribution in [0.1, 0.15) is 0 Å². The number of hydrogen-bond donors (Lipinski definition) is 1. The van der Waals surface area contributed by atoms with Crippen LogP contribution in [0, 0.1) is 0 Å². The van der Waals surface area contributed by atoms with Crippen LogP contribution in [0.2, 0.25) is 0 Å². The van der Waals surface area contributed by atoms with E-state index in [1.54, 1.807) is 0 Å². The van der Waals surface area contributed by atoms with E-state index in [9.17, 15) is 19.8 Å². The number of carbonyl (C=O) groups excluding carboxylic acids is 2. The van der Waals surface area contributed by atoms with E-state index in [0.29, 0.717) is 0 Å². The average molecular weight is 167 g/mol. The largest absolute Gasteiger partial charge is 0.548 e. The second-order valence-corrected chi connectivity index (χ2v) is 2.19. The van der Waals surface area contributed by atoms with Gasteiger partial charge >= 0.3 is 0 Å². The molecule has 1 unspecified atom stereocenters. The predicted octanol–water partition coefficient (Wildman–Crippen LogP) is -3.10. The minimum atomic E-state index is -1.51. The van der Waals surface area contributed by atoms with Crippen LogP contribution in [-0.4, -0.2) is 18.0 Å². The van der Waals surface area contributed by atoms with E-state index >= 15 is 0 Å². The summed E-state index contributed by atoms with van der Waals surface area (Å²) >= 11 is 0. The van der Waals surface area contributed by atoms with Gasteiger partial charge in [0, 0.05) is 5.57 Å². The Labute approximate surface area is 68.0 Å². The SMILES string of the molecule is O=C([O-])C1=CC=CNC1C(=O)[O-]. The number of rotatable bonds is 2. The predicted molar refractivity (Wildman–Crippen MR) is 34.2 cm³/mol. The Morgan fingerprint density at radius 3 is 2.50 bits per heavy atom. The van der Waals surface area contributed by atoms with Crippen molar-refractivity contribution in [1.29, 1.82) is 0 Å². The highest BCUT2D eigenvalue weighted by atomic mass is 16.4. The molecule has 0 saturated heterocycles. The normalized spacial score (nSPS) is 21.0. The van der Waals surface area contributed by atoms with E-state index < -0.39 is 18.0 Å². The lowest BCUT2D eigenvalue weighted by Crippen LogP contribution is -2.49.